The van der Waals surface area contributed by atoms with Gasteiger partial charge in [-0.05, 0) is 106 Å². The van der Waals surface area contributed by atoms with Crippen LogP contribution in [-0.4, -0.2) is 41.4 Å². The van der Waals surface area contributed by atoms with Gasteiger partial charge >= 0.3 is 0 Å². The van der Waals surface area contributed by atoms with E-state index in [2.05, 4.69) is 157 Å². The van der Waals surface area contributed by atoms with Crippen LogP contribution in [0.15, 0.2) is 42.2 Å². The Kier molecular flexibility index (Phi) is 17.7. The van der Waals surface area contributed by atoms with E-state index in [0.717, 1.165) is 64.2 Å². The number of halogens is 7. The Morgan fingerprint density at radius 2 is 1.15 bits per heavy atom. The predicted molar refractivity (Wildman–Crippen MR) is 190 cm³/mol. The molecule has 2 rings (SSSR count). The van der Waals surface area contributed by atoms with E-state index in [1.807, 2.05) is 0 Å². The molecule has 0 spiro atoms. The molecule has 0 N–H and O–H groups in total. The first-order valence-electron chi connectivity index (χ1n) is 13.2. The molecular formula is C29H37Br7O3. The summed E-state index contributed by atoms with van der Waals surface area (Å²) in [6.45, 7) is 8.48. The lowest BCUT2D eigenvalue weighted by Gasteiger charge is -2.28. The van der Waals surface area contributed by atoms with Crippen LogP contribution >= 0.6 is 112 Å². The summed E-state index contributed by atoms with van der Waals surface area (Å²) in [6, 6.07) is 8.53. The van der Waals surface area contributed by atoms with Crippen molar-refractivity contribution in [1.29, 1.82) is 0 Å². The van der Waals surface area contributed by atoms with Gasteiger partial charge in [-0.2, -0.15) is 0 Å². The van der Waals surface area contributed by atoms with Crippen LogP contribution < -0.4 is 9.47 Å². The van der Waals surface area contributed by atoms with Crippen molar-refractivity contribution in [2.24, 2.45) is 0 Å². The first-order valence-corrected chi connectivity index (χ1v) is 19.5. The molecule has 2 aromatic carbocycles. The minimum absolute atomic E-state index is 0.000315. The summed E-state index contributed by atoms with van der Waals surface area (Å²) >= 11 is 25.6. The SMILES string of the molecule is CCCCCCCCOC(CBr)COc1c(Br)cc(C(C)(C)c2cc(Br)c(OCC(Br)CBr)c(Br)c2)cc1Br. The molecule has 0 radical (unpaired) electrons. The molecule has 2 aromatic rings. The zero-order valence-electron chi connectivity index (χ0n) is 22.6. The zero-order chi connectivity index (χ0) is 29.0. The van der Waals surface area contributed by atoms with Crippen LogP contribution in [-0.2, 0) is 10.2 Å². The van der Waals surface area contributed by atoms with Gasteiger partial charge in [0.2, 0.25) is 0 Å². The van der Waals surface area contributed by atoms with E-state index in [4.69, 9.17) is 14.2 Å². The lowest BCUT2D eigenvalue weighted by Crippen LogP contribution is -2.24. The van der Waals surface area contributed by atoms with Gasteiger partial charge in [0.1, 0.15) is 30.8 Å². The third-order valence-electron chi connectivity index (χ3n) is 6.45. The topological polar surface area (TPSA) is 27.7 Å². The van der Waals surface area contributed by atoms with Gasteiger partial charge in [0.25, 0.3) is 0 Å². The van der Waals surface area contributed by atoms with Crippen LogP contribution in [0.4, 0.5) is 0 Å². The second-order valence-corrected chi connectivity index (χ2v) is 16.0. The smallest absolute Gasteiger partial charge is 0.147 e. The maximum absolute atomic E-state index is 6.23. The molecule has 0 saturated heterocycles. The number of unbranched alkanes of at least 4 members (excludes halogenated alkanes) is 5. The summed E-state index contributed by atoms with van der Waals surface area (Å²) in [5, 5.41) is 1.55. The minimum atomic E-state index is -0.278. The number of ether oxygens (including phenoxy) is 3. The highest BCUT2D eigenvalue weighted by Crippen LogP contribution is 2.44. The van der Waals surface area contributed by atoms with Crippen molar-refractivity contribution in [3.05, 3.63) is 53.3 Å². The molecule has 0 amide bonds. The highest BCUT2D eigenvalue weighted by atomic mass is 79.9. The third-order valence-corrected chi connectivity index (χ3v) is 11.8. The van der Waals surface area contributed by atoms with Gasteiger partial charge in [0, 0.05) is 22.7 Å². The monoisotopic (exact) mass is 986 g/mol. The van der Waals surface area contributed by atoms with E-state index >= 15 is 0 Å². The van der Waals surface area contributed by atoms with E-state index in [1.165, 1.54) is 32.1 Å². The van der Waals surface area contributed by atoms with Crippen molar-refractivity contribution in [2.45, 2.75) is 75.6 Å². The largest absolute Gasteiger partial charge is 0.490 e. The van der Waals surface area contributed by atoms with Crippen LogP contribution in [0.3, 0.4) is 0 Å². The Bertz CT molecular complexity index is 986. The molecule has 0 bridgehead atoms. The molecule has 0 fully saturated rings. The molecule has 2 atom stereocenters. The number of hydrogen-bond acceptors (Lipinski definition) is 3. The van der Waals surface area contributed by atoms with Gasteiger partial charge in [-0.25, -0.2) is 0 Å². The Hall–Kier alpha value is 1.36. The van der Waals surface area contributed by atoms with E-state index in [1.54, 1.807) is 0 Å². The fourth-order valence-corrected chi connectivity index (χ4v) is 7.47. The van der Waals surface area contributed by atoms with Crippen molar-refractivity contribution in [3.63, 3.8) is 0 Å². The molecule has 0 aliphatic rings. The van der Waals surface area contributed by atoms with Gasteiger partial charge in [-0.3, -0.25) is 0 Å². The molecule has 2 unspecified atom stereocenters. The van der Waals surface area contributed by atoms with Gasteiger partial charge in [0.15, 0.2) is 0 Å². The van der Waals surface area contributed by atoms with Gasteiger partial charge < -0.3 is 14.2 Å². The fourth-order valence-electron chi connectivity index (χ4n) is 3.95. The van der Waals surface area contributed by atoms with E-state index < -0.39 is 0 Å². The summed E-state index contributed by atoms with van der Waals surface area (Å²) in [7, 11) is 0. The number of alkyl halides is 3. The number of hydrogen-bond donors (Lipinski definition) is 0. The third kappa shape index (κ3) is 11.8. The molecule has 220 valence electrons. The summed E-state index contributed by atoms with van der Waals surface area (Å²) in [5.41, 5.74) is 2.02. The molecular weight excluding hydrogens is 956 g/mol. The van der Waals surface area contributed by atoms with E-state index in [-0.39, 0.29) is 16.3 Å². The standard InChI is InChI=1S/C29H37Br7O3/c1-4-5-6-7-8-9-10-37-22(16-31)18-39-28-25(35)13-20(14-26(28)36)29(2,3)19-11-23(33)27(24(34)12-19)38-17-21(32)15-30/h11-14,21-22H,4-10,15-18H2,1-3H3. The first-order chi connectivity index (χ1) is 18.5. The van der Waals surface area contributed by atoms with Crippen molar-refractivity contribution in [2.75, 3.05) is 30.5 Å². The summed E-state index contributed by atoms with van der Waals surface area (Å²) in [5.74, 6) is 1.58. The molecule has 39 heavy (non-hydrogen) atoms. The van der Waals surface area contributed by atoms with Gasteiger partial charge in [-0.15, -0.1) is 0 Å². The Morgan fingerprint density at radius 1 is 0.692 bits per heavy atom. The molecule has 10 heteroatoms. The van der Waals surface area contributed by atoms with Crippen molar-refractivity contribution < 1.29 is 14.2 Å². The average molecular weight is 993 g/mol. The van der Waals surface area contributed by atoms with Crippen LogP contribution in [0.25, 0.3) is 0 Å². The molecule has 0 heterocycles. The van der Waals surface area contributed by atoms with Crippen molar-refractivity contribution >= 4 is 112 Å². The van der Waals surface area contributed by atoms with Crippen LogP contribution in [0.2, 0.25) is 0 Å². The van der Waals surface area contributed by atoms with E-state index in [0.29, 0.717) is 13.2 Å². The van der Waals surface area contributed by atoms with Gasteiger partial charge in [-0.1, -0.05) is 101 Å². The van der Waals surface area contributed by atoms with E-state index in [9.17, 15) is 0 Å². The minimum Gasteiger partial charge on any atom is -0.490 e. The van der Waals surface area contributed by atoms with Crippen molar-refractivity contribution in [1.82, 2.24) is 0 Å². The Balaban J connectivity index is 2.08. The average Bonchev–Trinajstić information content (AvgIpc) is 2.89. The quantitative estimate of drug-likeness (QED) is 0.110. The number of benzene rings is 2. The van der Waals surface area contributed by atoms with Crippen LogP contribution in [0.1, 0.15) is 70.4 Å². The Morgan fingerprint density at radius 3 is 1.62 bits per heavy atom. The molecule has 3 nitrogen and oxygen atoms in total. The Labute approximate surface area is 293 Å². The first kappa shape index (κ1) is 36.6. The number of rotatable bonds is 18. The highest BCUT2D eigenvalue weighted by Gasteiger charge is 2.27. The lowest BCUT2D eigenvalue weighted by molar-refractivity contribution is 0.0335. The maximum Gasteiger partial charge on any atom is 0.147 e. The summed E-state index contributed by atoms with van der Waals surface area (Å²) in [4.78, 5) is 0.236. The lowest BCUT2D eigenvalue weighted by atomic mass is 9.78. The second kappa shape index (κ2) is 18.9. The normalized spacial score (nSPS) is 13.4. The summed E-state index contributed by atoms with van der Waals surface area (Å²) in [6.07, 6.45) is 7.53. The molecule has 0 aromatic heterocycles. The maximum atomic E-state index is 6.23. The van der Waals surface area contributed by atoms with Crippen molar-refractivity contribution in [3.8, 4) is 11.5 Å². The molecule has 0 aliphatic carbocycles. The molecule has 0 aliphatic heterocycles. The predicted octanol–water partition coefficient (Wildman–Crippen LogP) is 12.1. The van der Waals surface area contributed by atoms with Crippen LogP contribution in [0.5, 0.6) is 11.5 Å². The second-order valence-electron chi connectivity index (χ2n) is 9.95. The van der Waals surface area contributed by atoms with Gasteiger partial charge in [0.05, 0.1) is 22.7 Å². The highest BCUT2D eigenvalue weighted by molar-refractivity contribution is 9.12. The fraction of sp³-hybridized carbons (Fsp3) is 0.586. The summed E-state index contributed by atoms with van der Waals surface area (Å²) < 4.78 is 22.0. The zero-order valence-corrected chi connectivity index (χ0v) is 33.7. The molecule has 0 saturated carbocycles. The van der Waals surface area contributed by atoms with Crippen LogP contribution in [0, 0.1) is 0 Å².